The van der Waals surface area contributed by atoms with E-state index < -0.39 is 0 Å². The van der Waals surface area contributed by atoms with Crippen LogP contribution in [0.15, 0.2) is 61.2 Å². The van der Waals surface area contributed by atoms with Gasteiger partial charge in [0.15, 0.2) is 0 Å². The van der Waals surface area contributed by atoms with E-state index in [9.17, 15) is 9.18 Å². The van der Waals surface area contributed by atoms with Gasteiger partial charge in [0, 0.05) is 18.7 Å². The van der Waals surface area contributed by atoms with Gasteiger partial charge in [-0.1, -0.05) is 31.9 Å². The van der Waals surface area contributed by atoms with Crippen LogP contribution in [0.5, 0.6) is 0 Å². The molecular weight excluding hydrogens is 343 g/mol. The maximum atomic E-state index is 13.2. The summed E-state index contributed by atoms with van der Waals surface area (Å²) in [5.41, 5.74) is 2.39. The number of amides is 1. The molecular formula is C21H23FN4O. The van der Waals surface area contributed by atoms with Gasteiger partial charge in [0.1, 0.15) is 18.5 Å². The second kappa shape index (κ2) is 9.07. The van der Waals surface area contributed by atoms with E-state index in [1.807, 2.05) is 17.0 Å². The Kier molecular flexibility index (Phi) is 6.30. The molecule has 0 spiro atoms. The van der Waals surface area contributed by atoms with Crippen LogP contribution in [-0.2, 0) is 6.54 Å². The van der Waals surface area contributed by atoms with Crippen molar-refractivity contribution in [2.75, 3.05) is 6.54 Å². The number of carbonyl (C=O) groups excluding carboxylic acids is 1. The van der Waals surface area contributed by atoms with Crippen molar-refractivity contribution in [3.05, 3.63) is 78.1 Å². The Balaban J connectivity index is 1.75. The van der Waals surface area contributed by atoms with E-state index in [4.69, 9.17) is 0 Å². The zero-order valence-corrected chi connectivity index (χ0v) is 15.4. The highest BCUT2D eigenvalue weighted by molar-refractivity contribution is 5.94. The Morgan fingerprint density at radius 1 is 1.07 bits per heavy atom. The maximum Gasteiger partial charge on any atom is 0.254 e. The predicted octanol–water partition coefficient (Wildman–Crippen LogP) is 4.24. The molecule has 0 bridgehead atoms. The fourth-order valence-electron chi connectivity index (χ4n) is 2.90. The summed E-state index contributed by atoms with van der Waals surface area (Å²) in [4.78, 5) is 18.8. The van der Waals surface area contributed by atoms with Gasteiger partial charge in [-0.25, -0.2) is 14.1 Å². The minimum atomic E-state index is -0.272. The van der Waals surface area contributed by atoms with E-state index in [0.29, 0.717) is 18.7 Å². The van der Waals surface area contributed by atoms with Crippen LogP contribution in [-0.4, -0.2) is 32.1 Å². The highest BCUT2D eigenvalue weighted by Crippen LogP contribution is 2.15. The second-order valence-electron chi connectivity index (χ2n) is 6.45. The summed E-state index contributed by atoms with van der Waals surface area (Å²) in [6, 6.07) is 13.6. The first-order valence-corrected chi connectivity index (χ1v) is 9.16. The molecule has 3 aromatic rings. The first-order chi connectivity index (χ1) is 13.2. The number of nitrogens with zero attached hydrogens (tertiary/aromatic N) is 4. The fraction of sp³-hybridized carbons (Fsp3) is 0.286. The van der Waals surface area contributed by atoms with Crippen molar-refractivity contribution < 1.29 is 9.18 Å². The minimum Gasteiger partial charge on any atom is -0.334 e. The quantitative estimate of drug-likeness (QED) is 0.560. The Morgan fingerprint density at radius 3 is 2.44 bits per heavy atom. The fourth-order valence-corrected chi connectivity index (χ4v) is 2.90. The van der Waals surface area contributed by atoms with Crippen LogP contribution in [0.25, 0.3) is 5.69 Å². The molecule has 0 saturated heterocycles. The average Bonchev–Trinajstić information content (AvgIpc) is 3.23. The molecule has 0 unspecified atom stereocenters. The van der Waals surface area contributed by atoms with Gasteiger partial charge in [0.25, 0.3) is 5.91 Å². The van der Waals surface area contributed by atoms with Gasteiger partial charge in [0.2, 0.25) is 0 Å². The largest absolute Gasteiger partial charge is 0.334 e. The molecule has 2 aromatic carbocycles. The van der Waals surface area contributed by atoms with Crippen LogP contribution in [0.3, 0.4) is 0 Å². The number of rotatable bonds is 8. The lowest BCUT2D eigenvalue weighted by Crippen LogP contribution is -2.31. The normalized spacial score (nSPS) is 10.7. The lowest BCUT2D eigenvalue weighted by molar-refractivity contribution is 0.0740. The molecule has 1 heterocycles. The third-order valence-corrected chi connectivity index (χ3v) is 4.40. The number of hydrogen-bond donors (Lipinski definition) is 0. The topological polar surface area (TPSA) is 51.0 Å². The van der Waals surface area contributed by atoms with E-state index in [1.165, 1.54) is 18.5 Å². The Morgan fingerprint density at radius 2 is 1.81 bits per heavy atom. The van der Waals surface area contributed by atoms with E-state index in [2.05, 4.69) is 17.0 Å². The first-order valence-electron chi connectivity index (χ1n) is 9.16. The third-order valence-electron chi connectivity index (χ3n) is 4.40. The molecule has 0 atom stereocenters. The number of unbranched alkanes of at least 4 members (excludes halogenated alkanes) is 2. The van der Waals surface area contributed by atoms with Crippen molar-refractivity contribution >= 4 is 5.91 Å². The predicted molar refractivity (Wildman–Crippen MR) is 102 cm³/mol. The zero-order valence-electron chi connectivity index (χ0n) is 15.4. The van der Waals surface area contributed by atoms with Gasteiger partial charge < -0.3 is 4.90 Å². The summed E-state index contributed by atoms with van der Waals surface area (Å²) in [5.74, 6) is -0.299. The Bertz CT molecular complexity index is 845. The molecule has 5 nitrogen and oxygen atoms in total. The number of carbonyl (C=O) groups is 1. The molecule has 6 heteroatoms. The molecule has 0 fully saturated rings. The summed E-state index contributed by atoms with van der Waals surface area (Å²) < 4.78 is 14.8. The SMILES string of the molecule is CCCCCN(Cc1ccc(F)cc1)C(=O)c1ccc(-n2cncn2)cc1. The average molecular weight is 366 g/mol. The molecule has 0 N–H and O–H groups in total. The molecule has 1 aromatic heterocycles. The van der Waals surface area contributed by atoms with Crippen LogP contribution >= 0.6 is 0 Å². The maximum absolute atomic E-state index is 13.2. The molecule has 0 aliphatic carbocycles. The molecule has 3 rings (SSSR count). The molecule has 27 heavy (non-hydrogen) atoms. The molecule has 140 valence electrons. The standard InChI is InChI=1S/C21H23FN4O/c1-2-3-4-13-25(14-17-5-9-19(22)10-6-17)21(27)18-7-11-20(12-8-18)26-16-23-15-24-26/h5-12,15-16H,2-4,13-14H2,1H3. The number of aromatic nitrogens is 3. The summed E-state index contributed by atoms with van der Waals surface area (Å²) in [5, 5.41) is 4.09. The number of halogens is 1. The smallest absolute Gasteiger partial charge is 0.254 e. The van der Waals surface area contributed by atoms with Gasteiger partial charge >= 0.3 is 0 Å². The van der Waals surface area contributed by atoms with Crippen LogP contribution in [0, 0.1) is 5.82 Å². The van der Waals surface area contributed by atoms with Gasteiger partial charge in [-0.3, -0.25) is 4.79 Å². The van der Waals surface area contributed by atoms with Gasteiger partial charge in [-0.05, 0) is 48.4 Å². The summed E-state index contributed by atoms with van der Waals surface area (Å²) in [7, 11) is 0. The van der Waals surface area contributed by atoms with Crippen LogP contribution in [0.2, 0.25) is 0 Å². The first kappa shape index (κ1) is 18.8. The molecule has 0 saturated carbocycles. The van der Waals surface area contributed by atoms with Crippen molar-refractivity contribution in [1.82, 2.24) is 19.7 Å². The van der Waals surface area contributed by atoms with Crippen molar-refractivity contribution in [2.24, 2.45) is 0 Å². The lowest BCUT2D eigenvalue weighted by Gasteiger charge is -2.23. The number of benzene rings is 2. The molecule has 0 aliphatic rings. The van der Waals surface area contributed by atoms with Crippen LogP contribution in [0.1, 0.15) is 42.1 Å². The van der Waals surface area contributed by atoms with Crippen LogP contribution < -0.4 is 0 Å². The van der Waals surface area contributed by atoms with E-state index in [0.717, 1.165) is 30.5 Å². The monoisotopic (exact) mass is 366 g/mol. The molecule has 0 radical (unpaired) electrons. The summed E-state index contributed by atoms with van der Waals surface area (Å²) >= 11 is 0. The van der Waals surface area contributed by atoms with E-state index in [-0.39, 0.29) is 11.7 Å². The zero-order chi connectivity index (χ0) is 19.1. The van der Waals surface area contributed by atoms with Crippen molar-refractivity contribution in [3.63, 3.8) is 0 Å². The summed E-state index contributed by atoms with van der Waals surface area (Å²) in [6.45, 7) is 3.28. The van der Waals surface area contributed by atoms with Crippen molar-refractivity contribution in [2.45, 2.75) is 32.7 Å². The van der Waals surface area contributed by atoms with E-state index >= 15 is 0 Å². The Hall–Kier alpha value is -3.02. The highest BCUT2D eigenvalue weighted by atomic mass is 19.1. The second-order valence-corrected chi connectivity index (χ2v) is 6.45. The van der Waals surface area contributed by atoms with Gasteiger partial charge in [0.05, 0.1) is 5.69 Å². The van der Waals surface area contributed by atoms with E-state index in [1.54, 1.807) is 35.3 Å². The molecule has 0 aliphatic heterocycles. The van der Waals surface area contributed by atoms with Gasteiger partial charge in [-0.2, -0.15) is 5.10 Å². The molecule has 1 amide bonds. The minimum absolute atomic E-state index is 0.0273. The van der Waals surface area contributed by atoms with Gasteiger partial charge in [-0.15, -0.1) is 0 Å². The highest BCUT2D eigenvalue weighted by Gasteiger charge is 2.16. The Labute approximate surface area is 158 Å². The number of hydrogen-bond acceptors (Lipinski definition) is 3. The lowest BCUT2D eigenvalue weighted by atomic mass is 10.1. The van der Waals surface area contributed by atoms with Crippen LogP contribution in [0.4, 0.5) is 4.39 Å². The third kappa shape index (κ3) is 5.00. The summed E-state index contributed by atoms with van der Waals surface area (Å²) in [6.07, 6.45) is 6.18. The van der Waals surface area contributed by atoms with Crippen molar-refractivity contribution in [1.29, 1.82) is 0 Å². The van der Waals surface area contributed by atoms with Crippen molar-refractivity contribution in [3.8, 4) is 5.69 Å².